The number of alkyl halides is 6. The molecule has 0 aromatic rings. The number of hydrogen-bond donors (Lipinski definition) is 0. The topological polar surface area (TPSA) is 0 Å². The highest BCUT2D eigenvalue weighted by atomic mass is 35.6. The Bertz CT molecular complexity index is 103. The maximum absolute atomic E-state index is 11.2. The number of hydrogen-bond acceptors (Lipinski definition) is 0. The largest absolute Gasteiger partial charge is 0.435 e. The van der Waals surface area contributed by atoms with Gasteiger partial charge >= 0.3 is 6.18 Å². The number of halogens is 6. The first kappa shape index (κ1) is 16.1. The van der Waals surface area contributed by atoms with E-state index in [1.165, 1.54) is 19.3 Å². The van der Waals surface area contributed by atoms with Crippen LogP contribution < -0.4 is 0 Å². The molecule has 0 saturated carbocycles. The Hall–Kier alpha value is 0.660. The Morgan fingerprint density at radius 2 is 1.15 bits per heavy atom. The second kappa shape index (κ2) is 7.02. The van der Waals surface area contributed by atoms with Gasteiger partial charge in [-0.3, -0.25) is 0 Å². The highest BCUT2D eigenvalue weighted by molar-refractivity contribution is 6.68. The smallest absolute Gasteiger partial charge is 0.166 e. The van der Waals surface area contributed by atoms with E-state index >= 15 is 0 Å². The van der Waals surface area contributed by atoms with E-state index in [1.54, 1.807) is 0 Å². The van der Waals surface area contributed by atoms with Crippen LogP contribution >= 0.6 is 34.8 Å². The fourth-order valence-electron chi connectivity index (χ4n) is 0.354. The van der Waals surface area contributed by atoms with Gasteiger partial charge in [-0.05, 0) is 0 Å². The lowest BCUT2D eigenvalue weighted by Crippen LogP contribution is -2.27. The van der Waals surface area contributed by atoms with Crippen LogP contribution in [0.1, 0.15) is 33.1 Å². The van der Waals surface area contributed by atoms with Crippen LogP contribution in [0.5, 0.6) is 0 Å². The summed E-state index contributed by atoms with van der Waals surface area (Å²) in [4.78, 5) is 0. The molecular formula is C7H12Cl3F3. The minimum atomic E-state index is -4.77. The van der Waals surface area contributed by atoms with E-state index in [-0.39, 0.29) is 0 Å². The van der Waals surface area contributed by atoms with E-state index < -0.39 is 9.97 Å². The van der Waals surface area contributed by atoms with E-state index in [1.807, 2.05) is 0 Å². The number of rotatable bonds is 2. The van der Waals surface area contributed by atoms with Crippen LogP contribution in [0.4, 0.5) is 13.2 Å². The van der Waals surface area contributed by atoms with Gasteiger partial charge in [-0.2, -0.15) is 13.2 Å². The molecule has 0 fully saturated rings. The molecule has 0 aliphatic carbocycles. The normalized spacial score (nSPS) is 12.0. The molecular weight excluding hydrogens is 247 g/mol. The second-order valence-electron chi connectivity index (χ2n) is 2.35. The SMILES string of the molecule is CCCCC.FC(F)(F)C(Cl)(Cl)Cl. The summed E-state index contributed by atoms with van der Waals surface area (Å²) in [5.74, 6) is 0. The molecule has 0 aromatic heterocycles. The van der Waals surface area contributed by atoms with E-state index in [0.29, 0.717) is 0 Å². The van der Waals surface area contributed by atoms with Crippen molar-refractivity contribution < 1.29 is 13.2 Å². The first-order valence-corrected chi connectivity index (χ1v) is 4.93. The van der Waals surface area contributed by atoms with Crippen molar-refractivity contribution >= 4 is 34.8 Å². The molecule has 13 heavy (non-hydrogen) atoms. The lowest BCUT2D eigenvalue weighted by molar-refractivity contribution is -0.124. The summed E-state index contributed by atoms with van der Waals surface area (Å²) in [6.45, 7) is 4.42. The average molecular weight is 260 g/mol. The highest BCUT2D eigenvalue weighted by Crippen LogP contribution is 2.42. The minimum Gasteiger partial charge on any atom is -0.166 e. The van der Waals surface area contributed by atoms with Gasteiger partial charge in [-0.1, -0.05) is 67.9 Å². The summed E-state index contributed by atoms with van der Waals surface area (Å²) < 4.78 is 30.4. The molecule has 6 heteroatoms. The Morgan fingerprint density at radius 1 is 0.923 bits per heavy atom. The molecule has 0 spiro atoms. The Kier molecular flexibility index (Phi) is 8.69. The van der Waals surface area contributed by atoms with Gasteiger partial charge in [0, 0.05) is 0 Å². The van der Waals surface area contributed by atoms with E-state index in [9.17, 15) is 13.2 Å². The van der Waals surface area contributed by atoms with Crippen LogP contribution in [0.2, 0.25) is 0 Å². The monoisotopic (exact) mass is 258 g/mol. The van der Waals surface area contributed by atoms with Crippen molar-refractivity contribution in [3.63, 3.8) is 0 Å². The summed E-state index contributed by atoms with van der Waals surface area (Å²) in [6, 6.07) is 0. The van der Waals surface area contributed by atoms with Gasteiger partial charge in [0.25, 0.3) is 3.79 Å². The summed E-state index contributed by atoms with van der Waals surface area (Å²) >= 11 is 13.2. The molecule has 0 aliphatic heterocycles. The summed E-state index contributed by atoms with van der Waals surface area (Å²) in [5, 5.41) is 0. The third-order valence-electron chi connectivity index (χ3n) is 1.03. The third kappa shape index (κ3) is 10.6. The molecule has 0 nitrogen and oxygen atoms in total. The highest BCUT2D eigenvalue weighted by Gasteiger charge is 2.51. The number of unbranched alkanes of at least 4 members (excludes halogenated alkanes) is 2. The van der Waals surface area contributed by atoms with Gasteiger partial charge in [0.05, 0.1) is 0 Å². The fourth-order valence-corrected chi connectivity index (χ4v) is 0.354. The minimum absolute atomic E-state index is 1.34. The predicted molar refractivity (Wildman–Crippen MR) is 51.5 cm³/mol. The zero-order chi connectivity index (χ0) is 11.1. The van der Waals surface area contributed by atoms with Crippen LogP contribution in [0.3, 0.4) is 0 Å². The molecule has 0 bridgehead atoms. The zero-order valence-corrected chi connectivity index (χ0v) is 9.66. The van der Waals surface area contributed by atoms with Crippen molar-refractivity contribution in [2.24, 2.45) is 0 Å². The van der Waals surface area contributed by atoms with Gasteiger partial charge < -0.3 is 0 Å². The molecule has 0 heterocycles. The van der Waals surface area contributed by atoms with E-state index in [2.05, 4.69) is 48.7 Å². The second-order valence-corrected chi connectivity index (χ2v) is 4.63. The van der Waals surface area contributed by atoms with Gasteiger partial charge in [0.15, 0.2) is 0 Å². The van der Waals surface area contributed by atoms with Crippen molar-refractivity contribution in [2.45, 2.75) is 43.1 Å². The summed E-state index contributed by atoms with van der Waals surface area (Å²) in [7, 11) is 0. The summed E-state index contributed by atoms with van der Waals surface area (Å²) in [5.41, 5.74) is 0. The molecule has 0 unspecified atom stereocenters. The molecule has 0 atom stereocenters. The van der Waals surface area contributed by atoms with Crippen molar-refractivity contribution in [3.05, 3.63) is 0 Å². The Morgan fingerprint density at radius 3 is 1.15 bits per heavy atom. The average Bonchev–Trinajstić information content (AvgIpc) is 1.85. The van der Waals surface area contributed by atoms with Gasteiger partial charge in [0.2, 0.25) is 0 Å². The van der Waals surface area contributed by atoms with Crippen molar-refractivity contribution in [2.75, 3.05) is 0 Å². The molecule has 0 rings (SSSR count). The molecule has 0 amide bonds. The molecule has 0 aromatic carbocycles. The molecule has 0 N–H and O–H groups in total. The first-order valence-electron chi connectivity index (χ1n) is 3.80. The lowest BCUT2D eigenvalue weighted by Gasteiger charge is -2.13. The first-order chi connectivity index (χ1) is 5.66. The van der Waals surface area contributed by atoms with Crippen LogP contribution in [0, 0.1) is 0 Å². The van der Waals surface area contributed by atoms with Crippen molar-refractivity contribution in [1.29, 1.82) is 0 Å². The van der Waals surface area contributed by atoms with Crippen LogP contribution in [0.25, 0.3) is 0 Å². The fraction of sp³-hybridized carbons (Fsp3) is 1.00. The maximum atomic E-state index is 11.2. The Balaban J connectivity index is 0. The van der Waals surface area contributed by atoms with E-state index in [0.717, 1.165) is 0 Å². The standard InChI is InChI=1S/C5H12.C2Cl3F3/c1-3-5-4-2;3-1(4,5)2(6,7)8/h3-5H2,1-2H3;. The zero-order valence-electron chi connectivity index (χ0n) is 7.39. The quantitative estimate of drug-likeness (QED) is 0.604. The van der Waals surface area contributed by atoms with Crippen LogP contribution in [-0.4, -0.2) is 9.97 Å². The predicted octanol–water partition coefficient (Wildman–Crippen LogP) is 5.12. The van der Waals surface area contributed by atoms with Crippen molar-refractivity contribution in [3.8, 4) is 0 Å². The lowest BCUT2D eigenvalue weighted by atomic mass is 10.3. The van der Waals surface area contributed by atoms with Crippen molar-refractivity contribution in [1.82, 2.24) is 0 Å². The maximum Gasteiger partial charge on any atom is 0.435 e. The van der Waals surface area contributed by atoms with Crippen LogP contribution in [0.15, 0.2) is 0 Å². The van der Waals surface area contributed by atoms with Crippen LogP contribution in [-0.2, 0) is 0 Å². The molecule has 82 valence electrons. The van der Waals surface area contributed by atoms with Gasteiger partial charge in [-0.15, -0.1) is 0 Å². The molecule has 0 radical (unpaired) electrons. The summed E-state index contributed by atoms with van der Waals surface area (Å²) in [6.07, 6.45) is -0.690. The molecule has 0 saturated heterocycles. The molecule has 0 aliphatic rings. The van der Waals surface area contributed by atoms with Gasteiger partial charge in [0.1, 0.15) is 0 Å². The van der Waals surface area contributed by atoms with E-state index in [4.69, 9.17) is 0 Å². The van der Waals surface area contributed by atoms with Gasteiger partial charge in [-0.25, -0.2) is 0 Å². The Labute approximate surface area is 91.3 Å². The third-order valence-corrected chi connectivity index (χ3v) is 1.67.